The van der Waals surface area contributed by atoms with E-state index in [1.165, 1.54) is 11.8 Å². The van der Waals surface area contributed by atoms with Crippen LogP contribution in [0.3, 0.4) is 0 Å². The predicted molar refractivity (Wildman–Crippen MR) is 105 cm³/mol. The summed E-state index contributed by atoms with van der Waals surface area (Å²) in [6.07, 6.45) is 4.94. The average molecular weight is 401 g/mol. The van der Waals surface area contributed by atoms with E-state index in [1.807, 2.05) is 19.1 Å². The summed E-state index contributed by atoms with van der Waals surface area (Å²) in [4.78, 5) is 20.9. The van der Waals surface area contributed by atoms with Gasteiger partial charge in [0.1, 0.15) is 0 Å². The first-order valence-electron chi connectivity index (χ1n) is 8.10. The average Bonchev–Trinajstić information content (AvgIpc) is 3.11. The van der Waals surface area contributed by atoms with Crippen LogP contribution < -0.4 is 5.32 Å². The second kappa shape index (κ2) is 8.79. The van der Waals surface area contributed by atoms with Gasteiger partial charge < -0.3 is 5.32 Å². The molecule has 0 fully saturated rings. The molecule has 1 amide bonds. The van der Waals surface area contributed by atoms with E-state index in [-0.39, 0.29) is 11.6 Å². The molecule has 2 heterocycles. The van der Waals surface area contributed by atoms with Gasteiger partial charge in [-0.2, -0.15) is 0 Å². The summed E-state index contributed by atoms with van der Waals surface area (Å²) in [5.74, 6) is 0.100. The summed E-state index contributed by atoms with van der Waals surface area (Å²) in [7, 11) is 0. The first-order chi connectivity index (χ1) is 13.1. The van der Waals surface area contributed by atoms with Gasteiger partial charge in [0.05, 0.1) is 11.4 Å². The molecule has 0 bridgehead atoms. The van der Waals surface area contributed by atoms with Crippen LogP contribution >= 0.6 is 23.4 Å². The highest BCUT2D eigenvalue weighted by Gasteiger charge is 2.21. The van der Waals surface area contributed by atoms with Crippen LogP contribution in [-0.4, -0.2) is 37.4 Å². The lowest BCUT2D eigenvalue weighted by Crippen LogP contribution is -2.25. The molecule has 0 aliphatic carbocycles. The van der Waals surface area contributed by atoms with Crippen LogP contribution in [0.5, 0.6) is 0 Å². The van der Waals surface area contributed by atoms with E-state index >= 15 is 0 Å². The van der Waals surface area contributed by atoms with Crippen molar-refractivity contribution in [1.82, 2.24) is 30.3 Å². The number of carbonyl (C=O) groups is 1. The third-order valence-corrected chi connectivity index (χ3v) is 4.96. The number of hydrogen-bond donors (Lipinski definition) is 1. The number of nitrogens with zero attached hydrogens (tertiary/aromatic N) is 5. The Kier molecular flexibility index (Phi) is 6.20. The minimum atomic E-state index is -0.316. The Labute approximate surface area is 165 Å². The molecule has 0 saturated heterocycles. The molecule has 0 aliphatic rings. The van der Waals surface area contributed by atoms with E-state index in [2.05, 4.69) is 32.2 Å². The summed E-state index contributed by atoms with van der Waals surface area (Å²) >= 11 is 7.64. The van der Waals surface area contributed by atoms with Crippen LogP contribution in [0.4, 0.5) is 0 Å². The van der Waals surface area contributed by atoms with Crippen molar-refractivity contribution in [2.24, 2.45) is 0 Å². The molecule has 0 spiro atoms. The summed E-state index contributed by atoms with van der Waals surface area (Å²) in [6.45, 7) is 5.87. The number of nitrogens with one attached hydrogen (secondary N) is 1. The van der Waals surface area contributed by atoms with Crippen molar-refractivity contribution in [3.63, 3.8) is 0 Å². The molecular formula is C18H17ClN6OS. The van der Waals surface area contributed by atoms with Gasteiger partial charge in [-0.15, -0.1) is 11.7 Å². The number of halogens is 1. The molecule has 138 valence electrons. The second-order valence-electron chi connectivity index (χ2n) is 5.55. The summed E-state index contributed by atoms with van der Waals surface area (Å²) in [5.41, 5.74) is 2.56. The Hall–Kier alpha value is -2.71. The van der Waals surface area contributed by atoms with Crippen molar-refractivity contribution < 1.29 is 4.79 Å². The minimum Gasteiger partial charge on any atom is -0.347 e. The molecular weight excluding hydrogens is 384 g/mol. The zero-order chi connectivity index (χ0) is 19.2. The lowest BCUT2D eigenvalue weighted by Gasteiger charge is -2.09. The third-order valence-electron chi connectivity index (χ3n) is 3.67. The number of benzene rings is 1. The normalized spacial score (nSPS) is 10.6. The van der Waals surface area contributed by atoms with Gasteiger partial charge in [0.25, 0.3) is 5.91 Å². The smallest absolute Gasteiger partial charge is 0.274 e. The number of rotatable bonds is 7. The van der Waals surface area contributed by atoms with Crippen LogP contribution in [0.1, 0.15) is 21.7 Å². The van der Waals surface area contributed by atoms with Gasteiger partial charge in [0, 0.05) is 29.7 Å². The molecule has 0 aliphatic heterocycles. The molecule has 27 heavy (non-hydrogen) atoms. The molecule has 0 unspecified atom stereocenters. The van der Waals surface area contributed by atoms with Gasteiger partial charge in [-0.25, -0.2) is 14.6 Å². The lowest BCUT2D eigenvalue weighted by atomic mass is 10.2. The predicted octanol–water partition coefficient (Wildman–Crippen LogP) is 3.23. The summed E-state index contributed by atoms with van der Waals surface area (Å²) in [6, 6.07) is 7.32. The van der Waals surface area contributed by atoms with Crippen molar-refractivity contribution in [3.8, 4) is 5.69 Å². The fourth-order valence-corrected chi connectivity index (χ4v) is 3.24. The number of aryl methyl sites for hydroxylation is 1. The number of thioether (sulfide) groups is 1. The highest BCUT2D eigenvalue weighted by Crippen LogP contribution is 2.25. The Bertz CT molecular complexity index is 960. The Balaban J connectivity index is 1.96. The maximum absolute atomic E-state index is 12.5. The minimum absolute atomic E-state index is 0.247. The van der Waals surface area contributed by atoms with Gasteiger partial charge >= 0.3 is 0 Å². The van der Waals surface area contributed by atoms with Crippen LogP contribution in [0.15, 0.2) is 54.5 Å². The molecule has 9 heteroatoms. The van der Waals surface area contributed by atoms with E-state index in [1.54, 1.807) is 35.3 Å². The fourth-order valence-electron chi connectivity index (χ4n) is 2.27. The maximum atomic E-state index is 12.5. The van der Waals surface area contributed by atoms with Gasteiger partial charge in [-0.3, -0.25) is 4.79 Å². The SMILES string of the molecule is C=CCNC(=O)c1nnn(-c2ccc(C)c(Cl)c2)c1CSc1ncccn1. The molecule has 0 atom stereocenters. The van der Waals surface area contributed by atoms with Crippen LogP contribution in [0.2, 0.25) is 5.02 Å². The number of amides is 1. The Morgan fingerprint density at radius 1 is 1.37 bits per heavy atom. The van der Waals surface area contributed by atoms with Crippen molar-refractivity contribution in [2.75, 3.05) is 6.54 Å². The summed E-state index contributed by atoms with van der Waals surface area (Å²) in [5, 5.41) is 12.2. The van der Waals surface area contributed by atoms with E-state index in [4.69, 9.17) is 11.6 Å². The van der Waals surface area contributed by atoms with E-state index < -0.39 is 0 Å². The fraction of sp³-hybridized carbons (Fsp3) is 0.167. The van der Waals surface area contributed by atoms with Crippen molar-refractivity contribution >= 4 is 29.3 Å². The first-order valence-corrected chi connectivity index (χ1v) is 9.46. The van der Waals surface area contributed by atoms with Crippen molar-refractivity contribution in [2.45, 2.75) is 17.8 Å². The largest absolute Gasteiger partial charge is 0.347 e. The van der Waals surface area contributed by atoms with E-state index in [0.29, 0.717) is 28.2 Å². The molecule has 3 rings (SSSR count). The summed E-state index contributed by atoms with van der Waals surface area (Å²) < 4.78 is 1.62. The Morgan fingerprint density at radius 2 is 2.15 bits per heavy atom. The highest BCUT2D eigenvalue weighted by atomic mass is 35.5. The van der Waals surface area contributed by atoms with Crippen LogP contribution in [0, 0.1) is 6.92 Å². The Morgan fingerprint density at radius 3 is 2.85 bits per heavy atom. The second-order valence-corrected chi connectivity index (χ2v) is 6.90. The van der Waals surface area contributed by atoms with Crippen molar-refractivity contribution in [3.05, 3.63) is 71.3 Å². The quantitative estimate of drug-likeness (QED) is 0.372. The lowest BCUT2D eigenvalue weighted by molar-refractivity contribution is 0.0952. The van der Waals surface area contributed by atoms with Crippen LogP contribution in [0.25, 0.3) is 5.69 Å². The van der Waals surface area contributed by atoms with E-state index in [0.717, 1.165) is 11.3 Å². The molecule has 3 aromatic rings. The zero-order valence-electron chi connectivity index (χ0n) is 14.6. The number of carbonyl (C=O) groups excluding carboxylic acids is 1. The molecule has 0 radical (unpaired) electrons. The molecule has 1 aromatic carbocycles. The first kappa shape index (κ1) is 19.1. The monoisotopic (exact) mass is 400 g/mol. The van der Waals surface area contributed by atoms with Crippen molar-refractivity contribution in [1.29, 1.82) is 0 Å². The number of hydrogen-bond acceptors (Lipinski definition) is 6. The van der Waals surface area contributed by atoms with Crippen LogP contribution in [-0.2, 0) is 5.75 Å². The van der Waals surface area contributed by atoms with Gasteiger partial charge in [-0.05, 0) is 30.7 Å². The third kappa shape index (κ3) is 4.53. The standard InChI is InChI=1S/C18H17ClN6OS/c1-3-7-20-17(26)16-15(11-27-18-21-8-4-9-22-18)25(24-23-16)13-6-5-12(2)14(19)10-13/h3-6,8-10H,1,7,11H2,2H3,(H,20,26). The number of aromatic nitrogens is 5. The molecule has 0 saturated carbocycles. The maximum Gasteiger partial charge on any atom is 0.274 e. The topological polar surface area (TPSA) is 85.6 Å². The van der Waals surface area contributed by atoms with Gasteiger partial charge in [-0.1, -0.05) is 40.7 Å². The zero-order valence-corrected chi connectivity index (χ0v) is 16.2. The molecule has 7 nitrogen and oxygen atoms in total. The highest BCUT2D eigenvalue weighted by molar-refractivity contribution is 7.98. The van der Waals surface area contributed by atoms with E-state index in [9.17, 15) is 4.79 Å². The molecule has 2 aromatic heterocycles. The van der Waals surface area contributed by atoms with Gasteiger partial charge in [0.2, 0.25) is 0 Å². The molecule has 1 N–H and O–H groups in total. The van der Waals surface area contributed by atoms with Gasteiger partial charge in [0.15, 0.2) is 10.9 Å².